The van der Waals surface area contributed by atoms with E-state index in [1.807, 2.05) is 48.7 Å². The summed E-state index contributed by atoms with van der Waals surface area (Å²) in [6.07, 6.45) is 5.22. The predicted molar refractivity (Wildman–Crippen MR) is 154 cm³/mol. The van der Waals surface area contributed by atoms with Gasteiger partial charge in [0.2, 0.25) is 5.60 Å². The van der Waals surface area contributed by atoms with E-state index in [9.17, 15) is 14.9 Å². The highest BCUT2D eigenvalue weighted by Gasteiger charge is 2.63. The van der Waals surface area contributed by atoms with Gasteiger partial charge in [-0.1, -0.05) is 54.6 Å². The second-order valence-corrected chi connectivity index (χ2v) is 11.0. The minimum atomic E-state index is -1.65. The number of carbonyl (C=O) groups is 2. The Balaban J connectivity index is 1.41. The summed E-state index contributed by atoms with van der Waals surface area (Å²) in [5, 5.41) is 11.5. The maximum absolute atomic E-state index is 13.7. The number of H-pyrrole nitrogens is 1. The molecule has 2 heterocycles. The minimum absolute atomic E-state index is 0.0229. The average molecular weight is 556 g/mol. The van der Waals surface area contributed by atoms with E-state index in [1.165, 1.54) is 24.1 Å². The number of carbonyl (C=O) groups excluding carboxylic acids is 2. The lowest BCUT2D eigenvalue weighted by atomic mass is 9.62. The van der Waals surface area contributed by atoms with Crippen molar-refractivity contribution in [3.63, 3.8) is 0 Å². The van der Waals surface area contributed by atoms with Crippen molar-refractivity contribution in [1.29, 1.82) is 5.26 Å². The molecule has 2 aromatic carbocycles. The van der Waals surface area contributed by atoms with Gasteiger partial charge in [-0.2, -0.15) is 5.26 Å². The van der Waals surface area contributed by atoms with Gasteiger partial charge in [-0.15, -0.1) is 6.58 Å². The first-order chi connectivity index (χ1) is 20.0. The van der Waals surface area contributed by atoms with Gasteiger partial charge in [-0.05, 0) is 48.8 Å². The van der Waals surface area contributed by atoms with Gasteiger partial charge >= 0.3 is 11.9 Å². The lowest BCUT2D eigenvalue weighted by Gasteiger charge is -2.53. The van der Waals surface area contributed by atoms with Gasteiger partial charge in [-0.3, -0.25) is 9.69 Å². The Morgan fingerprint density at radius 2 is 1.95 bits per heavy atom. The van der Waals surface area contributed by atoms with E-state index in [-0.39, 0.29) is 18.9 Å². The molecule has 1 aliphatic carbocycles. The first-order valence-corrected chi connectivity index (χ1v) is 14.3. The number of piperidine rings is 1. The Morgan fingerprint density at radius 3 is 2.71 bits per heavy atom. The zero-order valence-corrected chi connectivity index (χ0v) is 23.5. The van der Waals surface area contributed by atoms with Gasteiger partial charge in [-0.25, -0.2) is 4.79 Å². The quantitative estimate of drug-likeness (QED) is 0.279. The van der Waals surface area contributed by atoms with E-state index in [1.54, 1.807) is 0 Å². The van der Waals surface area contributed by atoms with Gasteiger partial charge in [0.1, 0.15) is 6.10 Å². The van der Waals surface area contributed by atoms with Crippen LogP contribution in [0.4, 0.5) is 0 Å². The second kappa shape index (κ2) is 12.7. The molecule has 1 aromatic heterocycles. The molecule has 41 heavy (non-hydrogen) atoms. The Labute approximate surface area is 240 Å². The van der Waals surface area contributed by atoms with Gasteiger partial charge in [0, 0.05) is 36.1 Å². The molecule has 1 N–H and O–H groups in total. The number of methoxy groups -OCH3 is 1. The smallest absolute Gasteiger partial charge is 0.353 e. The standard InChI is InChI=1S/C33H37N3O5/c1-3-9-31(37)41-33(32(38)39-2)28-18-26(19-34)36(17-16-24-20-35-29-13-8-7-12-27(24)29)21-25(28)14-15-30(33)40-22-23-10-5-4-6-11-23/h3-8,10-13,20,25-26,28,30,35H,1,9,14-18,21-22H2,2H3/t25-,26-,28+,30-,33+/m1/s1. The largest absolute Gasteiger partial charge is 0.466 e. The van der Waals surface area contributed by atoms with Crippen LogP contribution in [-0.4, -0.2) is 59.8 Å². The van der Waals surface area contributed by atoms with Crippen LogP contribution in [0, 0.1) is 23.2 Å². The molecule has 2 aliphatic rings. The SMILES string of the molecule is C=CCC(=O)O[C@]1(C(=O)OC)[C@H](OCc2ccccc2)CC[C@@H]2CN(CCc3c[nH]c4ccccc34)[C@@H](C#N)C[C@@H]21. The minimum Gasteiger partial charge on any atom is -0.466 e. The monoisotopic (exact) mass is 555 g/mol. The van der Waals surface area contributed by atoms with E-state index in [2.05, 4.69) is 34.7 Å². The van der Waals surface area contributed by atoms with Crippen molar-refractivity contribution in [3.8, 4) is 6.07 Å². The maximum atomic E-state index is 13.7. The third-order valence-electron chi connectivity index (χ3n) is 8.67. The highest BCUT2D eigenvalue weighted by Crippen LogP contribution is 2.49. The van der Waals surface area contributed by atoms with Crippen molar-refractivity contribution in [1.82, 2.24) is 9.88 Å². The van der Waals surface area contributed by atoms with Crippen LogP contribution in [0.15, 0.2) is 73.4 Å². The number of likely N-dealkylation sites (tertiary alicyclic amines) is 1. The highest BCUT2D eigenvalue weighted by molar-refractivity contribution is 5.85. The summed E-state index contributed by atoms with van der Waals surface area (Å²) in [5.74, 6) is -1.59. The average Bonchev–Trinajstić information content (AvgIpc) is 3.42. The molecule has 5 rings (SSSR count). The Bertz CT molecular complexity index is 1410. The van der Waals surface area contributed by atoms with Crippen LogP contribution < -0.4 is 0 Å². The van der Waals surface area contributed by atoms with Gasteiger partial charge in [0.25, 0.3) is 0 Å². The zero-order chi connectivity index (χ0) is 28.8. The zero-order valence-electron chi connectivity index (χ0n) is 23.5. The Morgan fingerprint density at radius 1 is 1.17 bits per heavy atom. The normalized spacial score (nSPS) is 26.0. The molecule has 0 spiro atoms. The number of hydrogen-bond acceptors (Lipinski definition) is 7. The number of nitrogens with one attached hydrogen (secondary N) is 1. The summed E-state index contributed by atoms with van der Waals surface area (Å²) >= 11 is 0. The fourth-order valence-corrected chi connectivity index (χ4v) is 6.71. The Kier molecular flexibility index (Phi) is 8.87. The van der Waals surface area contributed by atoms with Crippen LogP contribution in [0.3, 0.4) is 0 Å². The second-order valence-electron chi connectivity index (χ2n) is 11.0. The van der Waals surface area contributed by atoms with E-state index in [4.69, 9.17) is 14.2 Å². The highest BCUT2D eigenvalue weighted by atomic mass is 16.6. The van der Waals surface area contributed by atoms with Crippen molar-refractivity contribution in [3.05, 3.63) is 84.6 Å². The fourth-order valence-electron chi connectivity index (χ4n) is 6.71. The number of ether oxygens (including phenoxy) is 3. The molecule has 0 unspecified atom stereocenters. The molecule has 1 aliphatic heterocycles. The summed E-state index contributed by atoms with van der Waals surface area (Å²) in [6.45, 7) is 5.24. The number of fused-ring (bicyclic) bond motifs is 2. The summed E-state index contributed by atoms with van der Waals surface area (Å²) in [6, 6.07) is 19.9. The first-order valence-electron chi connectivity index (χ1n) is 14.3. The number of nitrogens with zero attached hydrogens (tertiary/aromatic N) is 2. The number of benzene rings is 2. The Hall–Kier alpha value is -3.93. The number of hydrogen-bond donors (Lipinski definition) is 1. The van der Waals surface area contributed by atoms with Crippen LogP contribution in [0.25, 0.3) is 10.9 Å². The molecule has 3 aromatic rings. The molecular formula is C33H37N3O5. The van der Waals surface area contributed by atoms with E-state index < -0.39 is 35.6 Å². The summed E-state index contributed by atoms with van der Waals surface area (Å²) < 4.78 is 17.8. The topological polar surface area (TPSA) is 105 Å². The van der Waals surface area contributed by atoms with Gasteiger partial charge in [0.05, 0.1) is 32.2 Å². The lowest BCUT2D eigenvalue weighted by Crippen LogP contribution is -2.67. The van der Waals surface area contributed by atoms with Crippen molar-refractivity contribution in [2.75, 3.05) is 20.2 Å². The molecule has 0 bridgehead atoms. The van der Waals surface area contributed by atoms with Crippen LogP contribution in [-0.2, 0) is 36.8 Å². The van der Waals surface area contributed by atoms with Crippen molar-refractivity contribution < 1.29 is 23.8 Å². The lowest BCUT2D eigenvalue weighted by molar-refractivity contribution is -0.231. The number of aromatic amines is 1. The fraction of sp³-hybridized carbons (Fsp3) is 0.424. The molecule has 0 amide bonds. The number of esters is 2. The maximum Gasteiger partial charge on any atom is 0.353 e. The molecule has 1 saturated heterocycles. The number of para-hydroxylation sites is 1. The van der Waals surface area contributed by atoms with Crippen molar-refractivity contribution in [2.45, 2.75) is 56.5 Å². The molecule has 214 valence electrons. The van der Waals surface area contributed by atoms with Crippen molar-refractivity contribution >= 4 is 22.8 Å². The van der Waals surface area contributed by atoms with E-state index >= 15 is 0 Å². The molecule has 5 atom stereocenters. The summed E-state index contributed by atoms with van der Waals surface area (Å²) in [5.41, 5.74) is 1.61. The van der Waals surface area contributed by atoms with E-state index in [0.717, 1.165) is 23.9 Å². The van der Waals surface area contributed by atoms with Crippen LogP contribution in [0.5, 0.6) is 0 Å². The molecular weight excluding hydrogens is 518 g/mol. The number of nitriles is 1. The number of rotatable bonds is 10. The third-order valence-corrected chi connectivity index (χ3v) is 8.67. The number of aromatic nitrogens is 1. The molecule has 0 radical (unpaired) electrons. The molecule has 8 nitrogen and oxygen atoms in total. The predicted octanol–water partition coefficient (Wildman–Crippen LogP) is 4.95. The van der Waals surface area contributed by atoms with Crippen LogP contribution in [0.1, 0.15) is 36.8 Å². The molecule has 2 fully saturated rings. The van der Waals surface area contributed by atoms with Gasteiger partial charge in [0.15, 0.2) is 0 Å². The van der Waals surface area contributed by atoms with E-state index in [0.29, 0.717) is 25.9 Å². The summed E-state index contributed by atoms with van der Waals surface area (Å²) in [4.78, 5) is 32.2. The summed E-state index contributed by atoms with van der Waals surface area (Å²) in [7, 11) is 1.31. The third kappa shape index (κ3) is 5.79. The van der Waals surface area contributed by atoms with Crippen molar-refractivity contribution in [2.24, 2.45) is 11.8 Å². The van der Waals surface area contributed by atoms with Crippen LogP contribution in [0.2, 0.25) is 0 Å². The molecule has 8 heteroatoms. The molecule has 1 saturated carbocycles. The van der Waals surface area contributed by atoms with Crippen LogP contribution >= 0.6 is 0 Å². The van der Waals surface area contributed by atoms with Gasteiger partial charge < -0.3 is 19.2 Å². The first kappa shape index (κ1) is 28.6.